The van der Waals surface area contributed by atoms with Gasteiger partial charge in [0.05, 0.1) is 30.1 Å². The number of hydrogen-bond acceptors (Lipinski definition) is 4. The molecule has 0 N–H and O–H groups in total. The summed E-state index contributed by atoms with van der Waals surface area (Å²) in [6.45, 7) is 2.89. The van der Waals surface area contributed by atoms with Crippen molar-refractivity contribution in [2.75, 3.05) is 20.3 Å². The van der Waals surface area contributed by atoms with Crippen LogP contribution in [0.2, 0.25) is 0 Å². The second-order valence-electron chi connectivity index (χ2n) is 8.17. The molecule has 1 amide bonds. The summed E-state index contributed by atoms with van der Waals surface area (Å²) in [4.78, 5) is 14.8. The molecule has 1 saturated carbocycles. The van der Waals surface area contributed by atoms with Gasteiger partial charge in [-0.25, -0.2) is 13.5 Å². The van der Waals surface area contributed by atoms with E-state index in [9.17, 15) is 13.6 Å². The number of rotatable bonds is 9. The molecule has 174 valence electrons. The lowest BCUT2D eigenvalue weighted by atomic mass is 9.84. The summed E-state index contributed by atoms with van der Waals surface area (Å²) >= 11 is 0. The highest BCUT2D eigenvalue weighted by Gasteiger charge is 2.31. The quantitative estimate of drug-likeness (QED) is 0.454. The van der Waals surface area contributed by atoms with E-state index in [2.05, 4.69) is 5.10 Å². The predicted molar refractivity (Wildman–Crippen MR) is 119 cm³/mol. The van der Waals surface area contributed by atoms with Crippen LogP contribution in [0.4, 0.5) is 8.78 Å². The van der Waals surface area contributed by atoms with Crippen molar-refractivity contribution < 1.29 is 23.0 Å². The summed E-state index contributed by atoms with van der Waals surface area (Å²) in [5, 5.41) is 4.62. The van der Waals surface area contributed by atoms with Gasteiger partial charge in [0.25, 0.3) is 0 Å². The molecule has 3 aromatic rings. The van der Waals surface area contributed by atoms with Crippen LogP contribution >= 0.6 is 0 Å². The highest BCUT2D eigenvalue weighted by atomic mass is 19.1. The molecule has 8 heteroatoms. The second-order valence-corrected chi connectivity index (χ2v) is 8.17. The fourth-order valence-corrected chi connectivity index (χ4v) is 3.80. The second kappa shape index (κ2) is 10.1. The summed E-state index contributed by atoms with van der Waals surface area (Å²) in [7, 11) is 1.59. The van der Waals surface area contributed by atoms with E-state index in [1.54, 1.807) is 16.7 Å². The van der Waals surface area contributed by atoms with Crippen molar-refractivity contribution in [2.45, 2.75) is 32.7 Å². The van der Waals surface area contributed by atoms with E-state index in [0.29, 0.717) is 24.4 Å². The van der Waals surface area contributed by atoms with Gasteiger partial charge in [0, 0.05) is 25.6 Å². The Morgan fingerprint density at radius 2 is 1.94 bits per heavy atom. The summed E-state index contributed by atoms with van der Waals surface area (Å²) in [5.74, 6) is -1.25. The zero-order chi connectivity index (χ0) is 23.4. The average molecular weight is 456 g/mol. The van der Waals surface area contributed by atoms with Gasteiger partial charge in [-0.2, -0.15) is 5.10 Å². The smallest absolute Gasteiger partial charge is 0.228 e. The van der Waals surface area contributed by atoms with Gasteiger partial charge in [-0.3, -0.25) is 4.79 Å². The molecule has 0 saturated heterocycles. The minimum atomic E-state index is -0.818. The van der Waals surface area contributed by atoms with Gasteiger partial charge < -0.3 is 14.4 Å². The highest BCUT2D eigenvalue weighted by molar-refractivity contribution is 5.79. The monoisotopic (exact) mass is 455 g/mol. The summed E-state index contributed by atoms with van der Waals surface area (Å²) < 4.78 is 40.7. The van der Waals surface area contributed by atoms with E-state index in [4.69, 9.17) is 9.47 Å². The number of aromatic nitrogens is 2. The first-order valence-corrected chi connectivity index (χ1v) is 11.0. The fraction of sp³-hybridized carbons (Fsp3) is 0.360. The lowest BCUT2D eigenvalue weighted by molar-refractivity contribution is -0.139. The number of amides is 1. The Morgan fingerprint density at radius 1 is 1.18 bits per heavy atom. The first-order chi connectivity index (χ1) is 16.0. The van der Waals surface area contributed by atoms with Crippen LogP contribution < -0.4 is 4.74 Å². The molecule has 0 radical (unpaired) electrons. The summed E-state index contributed by atoms with van der Waals surface area (Å²) in [6.07, 6.45) is 2.82. The van der Waals surface area contributed by atoms with Gasteiger partial charge in [-0.15, -0.1) is 0 Å². The number of hydrogen-bond donors (Lipinski definition) is 0. The number of ether oxygens (including phenoxy) is 2. The van der Waals surface area contributed by atoms with E-state index in [-0.39, 0.29) is 30.0 Å². The fourth-order valence-electron chi connectivity index (χ4n) is 3.80. The molecule has 1 aliphatic carbocycles. The maximum Gasteiger partial charge on any atom is 0.228 e. The third-order valence-corrected chi connectivity index (χ3v) is 5.92. The van der Waals surface area contributed by atoms with Crippen molar-refractivity contribution in [1.29, 1.82) is 0 Å². The molecule has 33 heavy (non-hydrogen) atoms. The van der Waals surface area contributed by atoms with Gasteiger partial charge in [-0.05, 0) is 44.0 Å². The maximum atomic E-state index is 14.4. The molecule has 1 fully saturated rings. The lowest BCUT2D eigenvalue weighted by Gasteiger charge is -2.31. The number of methoxy groups -OCH3 is 1. The number of para-hydroxylation sites is 1. The Balaban J connectivity index is 1.74. The zero-order valence-electron chi connectivity index (χ0n) is 18.8. The van der Waals surface area contributed by atoms with Crippen molar-refractivity contribution in [3.8, 4) is 17.3 Å². The molecule has 2 aromatic carbocycles. The van der Waals surface area contributed by atoms with Crippen molar-refractivity contribution in [3.05, 3.63) is 71.4 Å². The molecule has 0 unspecified atom stereocenters. The molecule has 6 nitrogen and oxygen atoms in total. The molecular weight excluding hydrogens is 428 g/mol. The minimum absolute atomic E-state index is 0.0187. The van der Waals surface area contributed by atoms with E-state index >= 15 is 0 Å². The summed E-state index contributed by atoms with van der Waals surface area (Å²) in [6, 6.07) is 12.5. The molecular formula is C25H27F2N3O3. The number of benzene rings is 2. The normalized spacial score (nSPS) is 13.6. The number of halogens is 2. The van der Waals surface area contributed by atoms with Crippen LogP contribution in [0.1, 0.15) is 30.5 Å². The van der Waals surface area contributed by atoms with E-state index in [1.807, 2.05) is 37.3 Å². The summed E-state index contributed by atoms with van der Waals surface area (Å²) in [5.41, 5.74) is 2.03. The topological polar surface area (TPSA) is 56.6 Å². The van der Waals surface area contributed by atoms with Crippen molar-refractivity contribution in [2.24, 2.45) is 5.92 Å². The molecule has 0 bridgehead atoms. The van der Waals surface area contributed by atoms with Crippen LogP contribution in [-0.4, -0.2) is 40.8 Å². The molecule has 0 atom stereocenters. The van der Waals surface area contributed by atoms with Gasteiger partial charge >= 0.3 is 0 Å². The molecule has 4 rings (SSSR count). The van der Waals surface area contributed by atoms with Crippen LogP contribution in [0.3, 0.4) is 0 Å². The Morgan fingerprint density at radius 3 is 2.58 bits per heavy atom. The van der Waals surface area contributed by atoms with Crippen LogP contribution in [-0.2, 0) is 16.1 Å². The van der Waals surface area contributed by atoms with Gasteiger partial charge in [0.1, 0.15) is 5.82 Å². The number of carbonyl (C=O) groups is 1. The van der Waals surface area contributed by atoms with Crippen LogP contribution in [0.15, 0.2) is 48.5 Å². The maximum absolute atomic E-state index is 14.4. The molecule has 1 aliphatic rings. The largest absolute Gasteiger partial charge is 0.435 e. The first-order valence-electron chi connectivity index (χ1n) is 11.0. The highest BCUT2D eigenvalue weighted by Crippen LogP contribution is 2.34. The van der Waals surface area contributed by atoms with Crippen LogP contribution in [0.25, 0.3) is 5.69 Å². The molecule has 0 aliphatic heterocycles. The third-order valence-electron chi connectivity index (χ3n) is 5.92. The Bertz CT molecular complexity index is 1110. The number of aryl methyl sites for hydroxylation is 1. The number of carbonyl (C=O) groups excluding carboxylic acids is 1. The van der Waals surface area contributed by atoms with Crippen LogP contribution in [0.5, 0.6) is 11.6 Å². The third kappa shape index (κ3) is 5.06. The zero-order valence-corrected chi connectivity index (χ0v) is 18.8. The van der Waals surface area contributed by atoms with Gasteiger partial charge in [0.15, 0.2) is 11.6 Å². The van der Waals surface area contributed by atoms with E-state index in [0.717, 1.165) is 37.1 Å². The van der Waals surface area contributed by atoms with E-state index < -0.39 is 11.6 Å². The van der Waals surface area contributed by atoms with Crippen molar-refractivity contribution >= 4 is 5.91 Å². The predicted octanol–water partition coefficient (Wildman–Crippen LogP) is 5.03. The average Bonchev–Trinajstić information content (AvgIpc) is 3.07. The minimum Gasteiger partial charge on any atom is -0.435 e. The Hall–Kier alpha value is -3.26. The Labute approximate surface area is 191 Å². The molecule has 1 aromatic heterocycles. The number of nitrogens with zero attached hydrogens (tertiary/aromatic N) is 3. The van der Waals surface area contributed by atoms with Crippen molar-refractivity contribution in [3.63, 3.8) is 0 Å². The first kappa shape index (κ1) is 22.9. The molecule has 0 spiro atoms. The Kier molecular flexibility index (Phi) is 7.03. The molecule has 1 heterocycles. The van der Waals surface area contributed by atoms with E-state index in [1.165, 1.54) is 6.07 Å². The van der Waals surface area contributed by atoms with Gasteiger partial charge in [-0.1, -0.05) is 24.6 Å². The van der Waals surface area contributed by atoms with Crippen molar-refractivity contribution in [1.82, 2.24) is 14.7 Å². The lowest BCUT2D eigenvalue weighted by Crippen LogP contribution is -2.40. The van der Waals surface area contributed by atoms with Gasteiger partial charge in [0.2, 0.25) is 11.8 Å². The SMILES string of the molecule is COCCN(Cc1c(C)nn(-c2ccccc2)c1Oc1ccc(F)cc1F)C(=O)C1CCC1. The van der Waals surface area contributed by atoms with Crippen LogP contribution in [0, 0.1) is 24.5 Å². The standard InChI is InChI=1S/C25H27F2N3O3/c1-17-21(16-29(13-14-32-2)24(31)18-7-6-8-18)25(30(28-17)20-9-4-3-5-10-20)33-23-12-11-19(26)15-22(23)27/h3-5,9-12,15,18H,6-8,13-14,16H2,1-2H3.